The molecule has 9 heavy (non-hydrogen) atoms. The van der Waals surface area contributed by atoms with E-state index in [0.29, 0.717) is 0 Å². The molecule has 0 spiro atoms. The van der Waals surface area contributed by atoms with Crippen molar-refractivity contribution in [2.75, 3.05) is 0 Å². The van der Waals surface area contributed by atoms with Gasteiger partial charge in [0.05, 0.1) is 0 Å². The fourth-order valence-corrected chi connectivity index (χ4v) is 0.367. The van der Waals surface area contributed by atoms with Crippen LogP contribution in [0, 0.1) is 0 Å². The van der Waals surface area contributed by atoms with Crippen molar-refractivity contribution in [3.63, 3.8) is 0 Å². The Morgan fingerprint density at radius 2 is 1.22 bits per heavy atom. The summed E-state index contributed by atoms with van der Waals surface area (Å²) in [5.74, 6) is 0. The van der Waals surface area contributed by atoms with E-state index in [1.807, 2.05) is 0 Å². The summed E-state index contributed by atoms with van der Waals surface area (Å²) in [5.41, 5.74) is 0. The molecule has 0 bridgehead atoms. The molecular formula is H4Na2O4S3. The van der Waals surface area contributed by atoms with Gasteiger partial charge in [-0.25, -0.2) is 0 Å². The predicted molar refractivity (Wildman–Crippen MR) is 43.4 cm³/mol. The van der Waals surface area contributed by atoms with Crippen LogP contribution in [-0.2, 0) is 17.7 Å². The molecule has 0 saturated carbocycles. The van der Waals surface area contributed by atoms with E-state index in [0.717, 1.165) is 0 Å². The zero-order chi connectivity index (χ0) is 5.91. The molecule has 0 aromatic rings. The van der Waals surface area contributed by atoms with Crippen LogP contribution in [0.5, 0.6) is 0 Å². The molecule has 0 fully saturated rings. The topological polar surface area (TPSA) is 52.6 Å². The molecule has 4 nitrogen and oxygen atoms in total. The van der Waals surface area contributed by atoms with Crippen LogP contribution in [-0.4, -0.2) is 67.5 Å². The number of hydrogen-bond donors (Lipinski definition) is 2. The van der Waals surface area contributed by atoms with Crippen LogP contribution in [0.25, 0.3) is 0 Å². The van der Waals surface area contributed by atoms with Gasteiger partial charge in [-0.05, 0) is 25.8 Å². The first-order valence-corrected chi connectivity index (χ1v) is 3.10. The van der Waals surface area contributed by atoms with Crippen molar-refractivity contribution in [1.29, 1.82) is 0 Å². The summed E-state index contributed by atoms with van der Waals surface area (Å²) >= 11 is 5.84. The zero-order valence-electron chi connectivity index (χ0n) is 2.94. The molecule has 0 atom stereocenters. The minimum absolute atomic E-state index is 0. The zero-order valence-corrected chi connectivity index (χ0v) is 5.54. The first-order chi connectivity index (χ1) is 3.12. The molecule has 0 rings (SSSR count). The van der Waals surface area contributed by atoms with Crippen LogP contribution >= 0.6 is 25.8 Å². The SMILES string of the molecule is O=S(=O)(OS)OS.[NaH].[NaH]. The van der Waals surface area contributed by atoms with Gasteiger partial charge in [0, 0.05) is 0 Å². The molecule has 9 heteroatoms. The molecule has 0 aromatic heterocycles. The van der Waals surface area contributed by atoms with Crippen LogP contribution in [0.1, 0.15) is 0 Å². The van der Waals surface area contributed by atoms with Crippen LogP contribution in [0.15, 0.2) is 0 Å². The van der Waals surface area contributed by atoms with E-state index in [1.165, 1.54) is 0 Å². The van der Waals surface area contributed by atoms with Gasteiger partial charge in [0.2, 0.25) is 0 Å². The van der Waals surface area contributed by atoms with Gasteiger partial charge >= 0.3 is 69.5 Å². The van der Waals surface area contributed by atoms with Crippen LogP contribution in [0.3, 0.4) is 0 Å². The van der Waals surface area contributed by atoms with Crippen molar-refractivity contribution in [3.05, 3.63) is 0 Å². The predicted octanol–water partition coefficient (Wildman–Crippen LogP) is -1.34. The molecule has 0 aromatic carbocycles. The van der Waals surface area contributed by atoms with E-state index >= 15 is 0 Å². The van der Waals surface area contributed by atoms with Crippen molar-refractivity contribution < 1.29 is 15.7 Å². The average molecular weight is 210 g/mol. The van der Waals surface area contributed by atoms with Gasteiger partial charge in [0.15, 0.2) is 0 Å². The maximum atomic E-state index is 9.77. The number of thiol groups is 2. The Hall–Kier alpha value is 2.57. The third-order valence-electron chi connectivity index (χ3n) is 0.183. The van der Waals surface area contributed by atoms with E-state index in [4.69, 9.17) is 0 Å². The molecule has 0 amide bonds. The molecule has 0 N–H and O–H groups in total. The van der Waals surface area contributed by atoms with Gasteiger partial charge in [-0.1, -0.05) is 0 Å². The fraction of sp³-hybridized carbons (Fsp3) is 0. The second-order valence-electron chi connectivity index (χ2n) is 0.557. The molecule has 0 heterocycles. The maximum absolute atomic E-state index is 9.77. The molecule has 0 aliphatic rings. The third-order valence-corrected chi connectivity index (χ3v) is 1.64. The van der Waals surface area contributed by atoms with E-state index < -0.39 is 10.4 Å². The third kappa shape index (κ3) is 10.6. The van der Waals surface area contributed by atoms with Crippen molar-refractivity contribution in [2.24, 2.45) is 0 Å². The average Bonchev–Trinajstić information content (AvgIpc) is 1.68. The van der Waals surface area contributed by atoms with Gasteiger partial charge < -0.3 is 0 Å². The van der Waals surface area contributed by atoms with Gasteiger partial charge in [-0.3, -0.25) is 0 Å². The first kappa shape index (κ1) is 17.6. The standard InChI is InChI=1S/2Na.H2O4S3.2H/c;;1-7(2,3-5)4-6;;/h;;5-6H;;. The van der Waals surface area contributed by atoms with Crippen molar-refractivity contribution >= 4 is 95.3 Å². The molecule has 0 aliphatic carbocycles. The van der Waals surface area contributed by atoms with E-state index in [2.05, 4.69) is 33.1 Å². The number of hydrogen-bond acceptors (Lipinski definition) is 6. The summed E-state index contributed by atoms with van der Waals surface area (Å²) in [7, 11) is -3.93. The van der Waals surface area contributed by atoms with E-state index in [-0.39, 0.29) is 59.1 Å². The summed E-state index contributed by atoms with van der Waals surface area (Å²) in [6.07, 6.45) is 0. The molecular weight excluding hydrogens is 206 g/mol. The summed E-state index contributed by atoms with van der Waals surface area (Å²) in [6, 6.07) is 0. The second-order valence-corrected chi connectivity index (χ2v) is 2.57. The Morgan fingerprint density at radius 3 is 1.22 bits per heavy atom. The fourth-order valence-electron chi connectivity index (χ4n) is 0.0136. The Bertz CT molecular complexity index is 117. The number of rotatable bonds is 2. The minimum atomic E-state index is -3.93. The monoisotopic (exact) mass is 210 g/mol. The second kappa shape index (κ2) is 8.66. The van der Waals surface area contributed by atoms with Gasteiger partial charge in [0.25, 0.3) is 0 Å². The van der Waals surface area contributed by atoms with Crippen LogP contribution in [0.4, 0.5) is 0 Å². The summed E-state index contributed by atoms with van der Waals surface area (Å²) in [5, 5.41) is 0. The first-order valence-electron chi connectivity index (χ1n) is 1.03. The summed E-state index contributed by atoms with van der Waals surface area (Å²) < 4.78 is 26.5. The Labute approximate surface area is 109 Å². The Kier molecular flexibility index (Phi) is 16.9. The Balaban J connectivity index is -0.000000180. The van der Waals surface area contributed by atoms with Crippen molar-refractivity contribution in [2.45, 2.75) is 0 Å². The Morgan fingerprint density at radius 1 is 1.00 bits per heavy atom. The van der Waals surface area contributed by atoms with Gasteiger partial charge in [-0.15, -0.1) is 0 Å². The van der Waals surface area contributed by atoms with Crippen molar-refractivity contribution in [1.82, 2.24) is 0 Å². The molecule has 0 radical (unpaired) electrons. The molecule has 0 saturated heterocycles. The van der Waals surface area contributed by atoms with Gasteiger partial charge in [-0.2, -0.15) is 15.7 Å². The van der Waals surface area contributed by atoms with Crippen molar-refractivity contribution in [3.8, 4) is 0 Å². The summed E-state index contributed by atoms with van der Waals surface area (Å²) in [6.45, 7) is 0. The molecule has 0 unspecified atom stereocenters. The van der Waals surface area contributed by atoms with E-state index in [9.17, 15) is 8.42 Å². The van der Waals surface area contributed by atoms with Crippen LogP contribution < -0.4 is 0 Å². The molecule has 0 aliphatic heterocycles. The molecule has 48 valence electrons. The van der Waals surface area contributed by atoms with E-state index in [1.54, 1.807) is 0 Å². The van der Waals surface area contributed by atoms with Crippen LogP contribution in [0.2, 0.25) is 0 Å². The van der Waals surface area contributed by atoms with Gasteiger partial charge in [0.1, 0.15) is 0 Å². The quantitative estimate of drug-likeness (QED) is 0.336. The normalized spacial score (nSPS) is 9.11. The summed E-state index contributed by atoms with van der Waals surface area (Å²) in [4.78, 5) is 0.